The molecule has 1 aliphatic carbocycles. The number of rotatable bonds is 10. The lowest BCUT2D eigenvalue weighted by molar-refractivity contribution is 0.0899. The van der Waals surface area contributed by atoms with Gasteiger partial charge in [0.15, 0.2) is 0 Å². The van der Waals surface area contributed by atoms with Crippen LogP contribution in [0.2, 0.25) is 25.7 Å². The average molecular weight is 573 g/mol. The predicted octanol–water partition coefficient (Wildman–Crippen LogP) is 4.99. The van der Waals surface area contributed by atoms with Crippen LogP contribution in [-0.4, -0.2) is 60.8 Å². The standard InChI is InChI=1S/C24H36BrF2N5O2Si/c1-35(2,3)11-10-34-16-31-9-8-19-21-20(13-29-22(19)31)23(33)30-15-32(21)18-6-4-17(5-7-18)12-28-14-24(25,26)27/h8-9,13,17-18,28H,4-7,10-12,14-16H2,1-3H3,(H,30,33)/t17-,18-. The van der Waals surface area contributed by atoms with Gasteiger partial charge in [-0.1, -0.05) is 19.6 Å². The van der Waals surface area contributed by atoms with E-state index in [1.165, 1.54) is 0 Å². The third kappa shape index (κ3) is 6.81. The number of halogens is 3. The molecule has 3 heterocycles. The number of hydrogen-bond acceptors (Lipinski definition) is 5. The van der Waals surface area contributed by atoms with Gasteiger partial charge in [0, 0.05) is 38.5 Å². The third-order valence-electron chi connectivity index (χ3n) is 6.94. The molecule has 0 aromatic carbocycles. The summed E-state index contributed by atoms with van der Waals surface area (Å²) in [6.45, 7) is 8.88. The van der Waals surface area contributed by atoms with Gasteiger partial charge >= 0.3 is 4.83 Å². The van der Waals surface area contributed by atoms with Crippen molar-refractivity contribution >= 4 is 46.6 Å². The maximum Gasteiger partial charge on any atom is 0.313 e. The van der Waals surface area contributed by atoms with E-state index in [0.29, 0.717) is 31.4 Å². The minimum Gasteiger partial charge on any atom is -0.361 e. The molecule has 4 rings (SSSR count). The second-order valence-corrected chi connectivity index (χ2v) is 17.7. The van der Waals surface area contributed by atoms with Crippen molar-refractivity contribution in [3.8, 4) is 0 Å². The van der Waals surface area contributed by atoms with E-state index in [9.17, 15) is 13.6 Å². The lowest BCUT2D eigenvalue weighted by Gasteiger charge is -2.41. The Morgan fingerprint density at radius 2 is 2.03 bits per heavy atom. The van der Waals surface area contributed by atoms with Gasteiger partial charge in [-0.3, -0.25) is 4.79 Å². The zero-order valence-corrected chi connectivity index (χ0v) is 23.3. The van der Waals surface area contributed by atoms with Crippen LogP contribution < -0.4 is 15.5 Å². The Balaban J connectivity index is 1.45. The van der Waals surface area contributed by atoms with E-state index in [2.05, 4.69) is 56.1 Å². The third-order valence-corrected chi connectivity index (χ3v) is 8.93. The molecule has 2 aromatic heterocycles. The van der Waals surface area contributed by atoms with Crippen molar-refractivity contribution in [2.24, 2.45) is 5.92 Å². The molecule has 1 amide bonds. The molecule has 0 unspecified atom stereocenters. The molecule has 0 atom stereocenters. The van der Waals surface area contributed by atoms with Gasteiger partial charge in [-0.15, -0.1) is 0 Å². The van der Waals surface area contributed by atoms with Gasteiger partial charge in [0.2, 0.25) is 0 Å². The number of nitrogens with one attached hydrogen (secondary N) is 2. The van der Waals surface area contributed by atoms with Crippen LogP contribution >= 0.6 is 15.9 Å². The lowest BCUT2D eigenvalue weighted by atomic mass is 9.84. The summed E-state index contributed by atoms with van der Waals surface area (Å²) in [5, 5.41) is 6.84. The number of anilines is 1. The average Bonchev–Trinajstić information content (AvgIpc) is 3.19. The first-order valence-corrected chi connectivity index (χ1v) is 16.9. The van der Waals surface area contributed by atoms with Gasteiger partial charge in [0.1, 0.15) is 12.4 Å². The van der Waals surface area contributed by atoms with Crippen molar-refractivity contribution in [1.82, 2.24) is 20.2 Å². The molecule has 1 aliphatic heterocycles. The summed E-state index contributed by atoms with van der Waals surface area (Å²) < 4.78 is 34.0. The van der Waals surface area contributed by atoms with Crippen molar-refractivity contribution < 1.29 is 18.3 Å². The van der Waals surface area contributed by atoms with Crippen LogP contribution in [0.1, 0.15) is 36.0 Å². The number of pyridine rings is 1. The van der Waals surface area contributed by atoms with E-state index >= 15 is 0 Å². The number of amides is 1. The van der Waals surface area contributed by atoms with E-state index in [1.54, 1.807) is 6.20 Å². The van der Waals surface area contributed by atoms with Crippen LogP contribution in [0.4, 0.5) is 14.5 Å². The van der Waals surface area contributed by atoms with E-state index in [-0.39, 0.29) is 18.5 Å². The van der Waals surface area contributed by atoms with E-state index in [0.717, 1.165) is 55.1 Å². The van der Waals surface area contributed by atoms with E-state index < -0.39 is 12.9 Å². The highest BCUT2D eigenvalue weighted by Crippen LogP contribution is 2.37. The molecule has 0 bridgehead atoms. The number of ether oxygens (including phenoxy) is 1. The molecular weight excluding hydrogens is 536 g/mol. The fourth-order valence-corrected chi connectivity index (χ4v) is 5.92. The van der Waals surface area contributed by atoms with Crippen LogP contribution in [0.3, 0.4) is 0 Å². The predicted molar refractivity (Wildman–Crippen MR) is 141 cm³/mol. The number of hydrogen-bond donors (Lipinski definition) is 2. The zero-order valence-electron chi connectivity index (χ0n) is 20.7. The van der Waals surface area contributed by atoms with Gasteiger partial charge in [-0.05, 0) is 66.2 Å². The maximum atomic E-state index is 13.0. The molecule has 7 nitrogen and oxygen atoms in total. The van der Waals surface area contributed by atoms with Crippen LogP contribution in [-0.2, 0) is 11.5 Å². The van der Waals surface area contributed by atoms with Crippen molar-refractivity contribution in [3.05, 3.63) is 24.0 Å². The fraction of sp³-hybridized carbons (Fsp3) is 0.667. The molecule has 2 aromatic rings. The molecule has 1 saturated carbocycles. The van der Waals surface area contributed by atoms with Crippen molar-refractivity contribution in [3.63, 3.8) is 0 Å². The number of alkyl halides is 3. The summed E-state index contributed by atoms with van der Waals surface area (Å²) in [5.41, 5.74) is 2.37. The first kappa shape index (κ1) is 26.5. The maximum absolute atomic E-state index is 13.0. The monoisotopic (exact) mass is 571 g/mol. The highest BCUT2D eigenvalue weighted by Gasteiger charge is 2.33. The van der Waals surface area contributed by atoms with E-state index in [4.69, 9.17) is 4.74 Å². The van der Waals surface area contributed by atoms with Gasteiger partial charge < -0.3 is 24.8 Å². The molecule has 1 fully saturated rings. The minimum absolute atomic E-state index is 0.0987. The molecule has 35 heavy (non-hydrogen) atoms. The Hall–Kier alpha value is -1.56. The molecule has 11 heteroatoms. The van der Waals surface area contributed by atoms with Crippen molar-refractivity contribution in [1.29, 1.82) is 0 Å². The lowest BCUT2D eigenvalue weighted by Crippen LogP contribution is -2.50. The second kappa shape index (κ2) is 10.8. The first-order valence-electron chi connectivity index (χ1n) is 12.4. The van der Waals surface area contributed by atoms with Crippen LogP contribution in [0.25, 0.3) is 11.0 Å². The largest absolute Gasteiger partial charge is 0.361 e. The Kier molecular flexibility index (Phi) is 8.19. The first-order chi connectivity index (χ1) is 16.5. The van der Waals surface area contributed by atoms with Crippen molar-refractivity contribution in [2.75, 3.05) is 31.3 Å². The topological polar surface area (TPSA) is 71.4 Å². The number of carbonyl (C=O) groups excluding carboxylic acids is 1. The second-order valence-electron chi connectivity index (χ2n) is 10.9. The Bertz CT molecular complexity index is 1030. The van der Waals surface area contributed by atoms with Gasteiger partial charge in [0.05, 0.1) is 24.5 Å². The van der Waals surface area contributed by atoms with Gasteiger partial charge in [-0.25, -0.2) is 4.98 Å². The summed E-state index contributed by atoms with van der Waals surface area (Å²) in [6.07, 6.45) is 7.50. The summed E-state index contributed by atoms with van der Waals surface area (Å²) in [7, 11) is -1.15. The summed E-state index contributed by atoms with van der Waals surface area (Å²) in [5.74, 6) is 0.283. The molecule has 0 radical (unpaired) electrons. The summed E-state index contributed by atoms with van der Waals surface area (Å²) in [6, 6.07) is 3.43. The van der Waals surface area contributed by atoms with Gasteiger partial charge in [0.25, 0.3) is 5.91 Å². The van der Waals surface area contributed by atoms with Crippen molar-refractivity contribution in [2.45, 2.75) is 69.0 Å². The number of aromatic nitrogens is 2. The quantitative estimate of drug-likeness (QED) is 0.239. The van der Waals surface area contributed by atoms with Crippen LogP contribution in [0, 0.1) is 5.92 Å². The summed E-state index contributed by atoms with van der Waals surface area (Å²) in [4.78, 5) is 16.7. The fourth-order valence-electron chi connectivity index (χ4n) is 4.97. The molecule has 2 aliphatic rings. The number of nitrogens with zero attached hydrogens (tertiary/aromatic N) is 3. The normalized spacial score (nSPS) is 21.3. The minimum atomic E-state index is -2.87. The smallest absolute Gasteiger partial charge is 0.313 e. The highest BCUT2D eigenvalue weighted by atomic mass is 79.9. The Labute approximate surface area is 215 Å². The molecule has 0 saturated heterocycles. The van der Waals surface area contributed by atoms with Gasteiger partial charge in [-0.2, -0.15) is 8.78 Å². The SMILES string of the molecule is C[Si](C)(C)CCOCn1ccc2c3c(cnc21)C(=O)NCN3[C@H]1CC[C@H](CNCC(F)(F)Br)CC1. The Morgan fingerprint density at radius 3 is 2.71 bits per heavy atom. The van der Waals surface area contributed by atoms with Crippen LogP contribution in [0.5, 0.6) is 0 Å². The molecule has 194 valence electrons. The number of carbonyl (C=O) groups is 1. The van der Waals surface area contributed by atoms with Crippen LogP contribution in [0.15, 0.2) is 18.5 Å². The summed E-state index contributed by atoms with van der Waals surface area (Å²) >= 11 is 2.38. The van der Waals surface area contributed by atoms with E-state index in [1.807, 2.05) is 16.8 Å². The molecule has 0 spiro atoms. The Morgan fingerprint density at radius 1 is 1.29 bits per heavy atom. The zero-order chi connectivity index (χ0) is 25.2. The molecular formula is C24H36BrF2N5O2Si. The number of fused-ring (bicyclic) bond motifs is 3. The molecule has 2 N–H and O–H groups in total. The highest BCUT2D eigenvalue weighted by molar-refractivity contribution is 9.10.